The largest absolute Gasteiger partial charge is 0.469 e. The van der Waals surface area contributed by atoms with Crippen molar-refractivity contribution in [1.82, 2.24) is 4.98 Å². The Balaban J connectivity index is 3.05. The lowest BCUT2D eigenvalue weighted by atomic mass is 10.2. The van der Waals surface area contributed by atoms with E-state index in [1.54, 1.807) is 0 Å². The van der Waals surface area contributed by atoms with Crippen LogP contribution >= 0.6 is 31.9 Å². The molecule has 1 aromatic heterocycles. The second-order valence-corrected chi connectivity index (χ2v) is 4.46. The highest BCUT2D eigenvalue weighted by atomic mass is 79.9. The molecule has 0 aliphatic heterocycles. The molecule has 0 spiro atoms. The molecule has 0 fully saturated rings. The Hall–Kier alpha value is -0.560. The highest BCUT2D eigenvalue weighted by Crippen LogP contribution is 2.30. The molecule has 0 aliphatic carbocycles. The summed E-state index contributed by atoms with van der Waals surface area (Å²) >= 11 is 6.01. The van der Waals surface area contributed by atoms with E-state index in [9.17, 15) is 13.6 Å². The SMILES string of the molecule is COC(=O)Cc1nc(Br)c(C(F)F)cc1Br. The minimum Gasteiger partial charge on any atom is -0.469 e. The second kappa shape index (κ2) is 5.67. The van der Waals surface area contributed by atoms with E-state index in [1.165, 1.54) is 13.2 Å². The number of pyridine rings is 1. The number of methoxy groups -OCH3 is 1. The fourth-order valence-electron chi connectivity index (χ4n) is 1.00. The lowest BCUT2D eigenvalue weighted by molar-refractivity contribution is -0.139. The number of nitrogens with zero attached hydrogens (tertiary/aromatic N) is 1. The van der Waals surface area contributed by atoms with E-state index in [2.05, 4.69) is 41.6 Å². The van der Waals surface area contributed by atoms with Gasteiger partial charge in [0.15, 0.2) is 0 Å². The highest BCUT2D eigenvalue weighted by Gasteiger charge is 2.17. The Labute approximate surface area is 107 Å². The first-order chi connectivity index (χ1) is 7.45. The first-order valence-electron chi connectivity index (χ1n) is 4.15. The van der Waals surface area contributed by atoms with E-state index in [1.807, 2.05) is 0 Å². The molecule has 1 aromatic rings. The fourth-order valence-corrected chi connectivity index (χ4v) is 1.98. The van der Waals surface area contributed by atoms with Crippen LogP contribution in [-0.2, 0) is 16.0 Å². The fraction of sp³-hybridized carbons (Fsp3) is 0.333. The van der Waals surface area contributed by atoms with Crippen LogP contribution in [0.2, 0.25) is 0 Å². The summed E-state index contributed by atoms with van der Waals surface area (Å²) in [5.74, 6) is -0.482. The van der Waals surface area contributed by atoms with Crippen molar-refractivity contribution >= 4 is 37.8 Å². The number of alkyl halides is 2. The number of hydrogen-bond donors (Lipinski definition) is 0. The molecule has 16 heavy (non-hydrogen) atoms. The van der Waals surface area contributed by atoms with Gasteiger partial charge in [0.1, 0.15) is 4.60 Å². The first kappa shape index (κ1) is 13.5. The van der Waals surface area contributed by atoms with Gasteiger partial charge in [-0.3, -0.25) is 4.79 Å². The summed E-state index contributed by atoms with van der Waals surface area (Å²) in [6.07, 6.45) is -2.69. The van der Waals surface area contributed by atoms with Gasteiger partial charge in [-0.15, -0.1) is 0 Å². The monoisotopic (exact) mass is 357 g/mol. The maximum Gasteiger partial charge on any atom is 0.311 e. The van der Waals surface area contributed by atoms with Crippen LogP contribution in [0.1, 0.15) is 17.7 Å². The molecule has 0 amide bonds. The van der Waals surface area contributed by atoms with E-state index in [-0.39, 0.29) is 16.6 Å². The number of esters is 1. The van der Waals surface area contributed by atoms with Gasteiger partial charge in [-0.1, -0.05) is 0 Å². The molecule has 0 radical (unpaired) electrons. The number of ether oxygens (including phenoxy) is 1. The van der Waals surface area contributed by atoms with Gasteiger partial charge in [-0.05, 0) is 37.9 Å². The van der Waals surface area contributed by atoms with Gasteiger partial charge >= 0.3 is 5.97 Å². The van der Waals surface area contributed by atoms with Gasteiger partial charge in [-0.2, -0.15) is 0 Å². The van der Waals surface area contributed by atoms with Gasteiger partial charge < -0.3 is 4.74 Å². The van der Waals surface area contributed by atoms with Crippen molar-refractivity contribution in [3.05, 3.63) is 26.4 Å². The third kappa shape index (κ3) is 3.21. The van der Waals surface area contributed by atoms with Gasteiger partial charge in [0.25, 0.3) is 6.43 Å². The molecule has 7 heteroatoms. The molecule has 3 nitrogen and oxygen atoms in total. The third-order valence-electron chi connectivity index (χ3n) is 1.80. The molecule has 0 bridgehead atoms. The van der Waals surface area contributed by atoms with Crippen molar-refractivity contribution in [2.45, 2.75) is 12.8 Å². The van der Waals surface area contributed by atoms with Crippen LogP contribution in [0.5, 0.6) is 0 Å². The van der Waals surface area contributed by atoms with Crippen molar-refractivity contribution in [3.8, 4) is 0 Å². The minimum atomic E-state index is -2.62. The smallest absolute Gasteiger partial charge is 0.311 e. The molecule has 0 aliphatic rings. The molecule has 88 valence electrons. The Morgan fingerprint density at radius 2 is 2.19 bits per heavy atom. The normalized spacial score (nSPS) is 10.6. The number of carbonyl (C=O) groups excluding carboxylic acids is 1. The molecule has 1 heterocycles. The third-order valence-corrected chi connectivity index (χ3v) is 3.13. The maximum atomic E-state index is 12.5. The maximum absolute atomic E-state index is 12.5. The van der Waals surface area contributed by atoms with Crippen molar-refractivity contribution in [2.24, 2.45) is 0 Å². The van der Waals surface area contributed by atoms with Gasteiger partial charge in [-0.25, -0.2) is 13.8 Å². The van der Waals surface area contributed by atoms with Crippen LogP contribution in [-0.4, -0.2) is 18.1 Å². The van der Waals surface area contributed by atoms with E-state index in [0.717, 1.165) is 0 Å². The summed E-state index contributed by atoms with van der Waals surface area (Å²) in [4.78, 5) is 14.9. The van der Waals surface area contributed by atoms with Crippen molar-refractivity contribution in [1.29, 1.82) is 0 Å². The molecular weight excluding hydrogens is 352 g/mol. The lowest BCUT2D eigenvalue weighted by Crippen LogP contribution is -2.08. The highest BCUT2D eigenvalue weighted by molar-refractivity contribution is 9.11. The average molecular weight is 359 g/mol. The zero-order chi connectivity index (χ0) is 12.3. The second-order valence-electron chi connectivity index (χ2n) is 2.85. The quantitative estimate of drug-likeness (QED) is 0.615. The standard InChI is InChI=1S/C9H7Br2F2NO2/c1-16-7(15)3-6-5(10)2-4(9(12)13)8(11)14-6/h2,9H,3H2,1H3. The Bertz CT molecular complexity index is 413. The number of aromatic nitrogens is 1. The van der Waals surface area contributed by atoms with Crippen molar-refractivity contribution < 1.29 is 18.3 Å². The van der Waals surface area contributed by atoms with E-state index in [0.29, 0.717) is 10.2 Å². The van der Waals surface area contributed by atoms with Crippen LogP contribution in [0.15, 0.2) is 15.1 Å². The van der Waals surface area contributed by atoms with Gasteiger partial charge in [0.05, 0.1) is 24.8 Å². The average Bonchev–Trinajstić information content (AvgIpc) is 2.22. The molecule has 0 atom stereocenters. The van der Waals surface area contributed by atoms with E-state index in [4.69, 9.17) is 0 Å². The summed E-state index contributed by atoms with van der Waals surface area (Å²) in [6.45, 7) is 0. The zero-order valence-corrected chi connectivity index (χ0v) is 11.3. The predicted molar refractivity (Wildman–Crippen MR) is 60.3 cm³/mol. The van der Waals surface area contributed by atoms with Crippen LogP contribution < -0.4 is 0 Å². The molecule has 0 N–H and O–H groups in total. The Kier molecular flexibility index (Phi) is 4.79. The Morgan fingerprint density at radius 1 is 1.56 bits per heavy atom. The molecular formula is C9H7Br2F2NO2. The van der Waals surface area contributed by atoms with Crippen LogP contribution in [0, 0.1) is 0 Å². The number of rotatable bonds is 3. The molecule has 0 unspecified atom stereocenters. The number of carbonyl (C=O) groups is 1. The minimum absolute atomic E-state index is 0.0320. The summed E-state index contributed by atoms with van der Waals surface area (Å²) in [5, 5.41) is 0. The summed E-state index contributed by atoms with van der Waals surface area (Å²) < 4.78 is 29.8. The van der Waals surface area contributed by atoms with Crippen molar-refractivity contribution in [3.63, 3.8) is 0 Å². The molecule has 0 saturated carbocycles. The topological polar surface area (TPSA) is 39.2 Å². The van der Waals surface area contributed by atoms with E-state index >= 15 is 0 Å². The number of hydrogen-bond acceptors (Lipinski definition) is 3. The lowest BCUT2D eigenvalue weighted by Gasteiger charge is -2.07. The predicted octanol–water partition coefficient (Wildman–Crippen LogP) is 3.26. The molecule has 0 aromatic carbocycles. The zero-order valence-electron chi connectivity index (χ0n) is 8.14. The summed E-state index contributed by atoms with van der Waals surface area (Å²) in [5.41, 5.74) is 0.128. The molecule has 0 saturated heterocycles. The van der Waals surface area contributed by atoms with Crippen LogP contribution in [0.25, 0.3) is 0 Å². The van der Waals surface area contributed by atoms with Crippen molar-refractivity contribution in [2.75, 3.05) is 7.11 Å². The molecule has 1 rings (SSSR count). The summed E-state index contributed by atoms with van der Waals surface area (Å²) in [6, 6.07) is 1.24. The van der Waals surface area contributed by atoms with Crippen LogP contribution in [0.3, 0.4) is 0 Å². The van der Waals surface area contributed by atoms with E-state index < -0.39 is 12.4 Å². The number of halogens is 4. The first-order valence-corrected chi connectivity index (χ1v) is 5.74. The van der Waals surface area contributed by atoms with Gasteiger partial charge in [0, 0.05) is 4.47 Å². The van der Waals surface area contributed by atoms with Gasteiger partial charge in [0.2, 0.25) is 0 Å². The Morgan fingerprint density at radius 3 is 2.69 bits per heavy atom. The summed E-state index contributed by atoms with van der Waals surface area (Å²) in [7, 11) is 1.25. The van der Waals surface area contributed by atoms with Crippen LogP contribution in [0.4, 0.5) is 8.78 Å².